The van der Waals surface area contributed by atoms with Gasteiger partial charge in [-0.15, -0.1) is 11.3 Å². The summed E-state index contributed by atoms with van der Waals surface area (Å²) < 4.78 is 2.24. The van der Waals surface area contributed by atoms with Crippen LogP contribution >= 0.6 is 11.3 Å². The van der Waals surface area contributed by atoms with Gasteiger partial charge < -0.3 is 5.32 Å². The highest BCUT2D eigenvalue weighted by molar-refractivity contribution is 7.17. The Morgan fingerprint density at radius 2 is 2.17 bits per heavy atom. The molecule has 2 aromatic rings. The van der Waals surface area contributed by atoms with Gasteiger partial charge in [-0.1, -0.05) is 20.3 Å². The lowest BCUT2D eigenvalue weighted by Gasteiger charge is -2.15. The molecule has 1 unspecified atom stereocenters. The van der Waals surface area contributed by atoms with Gasteiger partial charge in [0.25, 0.3) is 0 Å². The molecule has 0 fully saturated rings. The first kappa shape index (κ1) is 13.6. The van der Waals surface area contributed by atoms with Gasteiger partial charge in [0, 0.05) is 23.7 Å². The zero-order valence-electron chi connectivity index (χ0n) is 11.8. The fraction of sp³-hybridized carbons (Fsp3) is 0.643. The highest BCUT2D eigenvalue weighted by Gasteiger charge is 2.12. The van der Waals surface area contributed by atoms with Gasteiger partial charge in [0.2, 0.25) is 0 Å². The Hall–Kier alpha value is -0.870. The van der Waals surface area contributed by atoms with E-state index in [9.17, 15) is 0 Å². The maximum absolute atomic E-state index is 4.63. The van der Waals surface area contributed by atoms with Gasteiger partial charge in [0.15, 0.2) is 4.96 Å². The molecule has 0 saturated heterocycles. The van der Waals surface area contributed by atoms with Crippen LogP contribution in [0.1, 0.15) is 49.4 Å². The molecule has 0 aliphatic carbocycles. The second kappa shape index (κ2) is 5.85. The molecule has 0 spiro atoms. The van der Waals surface area contributed by atoms with Crippen molar-refractivity contribution in [3.05, 3.63) is 22.5 Å². The van der Waals surface area contributed by atoms with Gasteiger partial charge in [-0.3, -0.25) is 4.40 Å². The minimum Gasteiger partial charge on any atom is -0.308 e. The van der Waals surface area contributed by atoms with Gasteiger partial charge >= 0.3 is 0 Å². The zero-order chi connectivity index (χ0) is 13.1. The molecule has 0 aliphatic heterocycles. The van der Waals surface area contributed by atoms with Crippen molar-refractivity contribution in [1.29, 1.82) is 0 Å². The summed E-state index contributed by atoms with van der Waals surface area (Å²) in [5, 5.41) is 3.66. The highest BCUT2D eigenvalue weighted by Crippen LogP contribution is 2.20. The van der Waals surface area contributed by atoms with Gasteiger partial charge in [0.05, 0.1) is 11.4 Å². The van der Waals surface area contributed by atoms with Crippen LogP contribution in [0.4, 0.5) is 0 Å². The summed E-state index contributed by atoms with van der Waals surface area (Å²) in [4.78, 5) is 7.06. The van der Waals surface area contributed by atoms with Crippen molar-refractivity contribution in [1.82, 2.24) is 14.7 Å². The SMILES string of the molecule is CCCC(CC)NCc1c(C)nc2sc(C)cn12. The fourth-order valence-electron chi connectivity index (χ4n) is 2.36. The number of aromatic nitrogens is 2. The van der Waals surface area contributed by atoms with E-state index in [2.05, 4.69) is 48.6 Å². The van der Waals surface area contributed by atoms with Crippen LogP contribution in [0.15, 0.2) is 6.20 Å². The van der Waals surface area contributed by atoms with Crippen molar-refractivity contribution in [2.75, 3.05) is 0 Å². The number of nitrogens with zero attached hydrogens (tertiary/aromatic N) is 2. The Labute approximate surface area is 113 Å². The first-order chi connectivity index (χ1) is 8.65. The number of hydrogen-bond donors (Lipinski definition) is 1. The molecule has 0 aliphatic rings. The minimum absolute atomic E-state index is 0.625. The number of thiazole rings is 1. The summed E-state index contributed by atoms with van der Waals surface area (Å²) >= 11 is 1.76. The third-order valence-corrected chi connectivity index (χ3v) is 4.33. The molecular formula is C14H23N3S. The van der Waals surface area contributed by atoms with Crippen LogP contribution in [0.2, 0.25) is 0 Å². The molecule has 100 valence electrons. The molecule has 0 amide bonds. The van der Waals surface area contributed by atoms with E-state index in [-0.39, 0.29) is 0 Å². The van der Waals surface area contributed by atoms with Crippen molar-refractivity contribution in [2.24, 2.45) is 0 Å². The fourth-order valence-corrected chi connectivity index (χ4v) is 3.25. The quantitative estimate of drug-likeness (QED) is 0.863. The normalized spacial score (nSPS) is 13.3. The van der Waals surface area contributed by atoms with Gasteiger partial charge in [0.1, 0.15) is 0 Å². The van der Waals surface area contributed by atoms with E-state index < -0.39 is 0 Å². The van der Waals surface area contributed by atoms with Crippen LogP contribution in [0.3, 0.4) is 0 Å². The molecule has 1 atom stereocenters. The Morgan fingerprint density at radius 1 is 1.39 bits per heavy atom. The maximum atomic E-state index is 4.63. The lowest BCUT2D eigenvalue weighted by Crippen LogP contribution is -2.28. The summed E-state index contributed by atoms with van der Waals surface area (Å²) in [5.41, 5.74) is 2.46. The first-order valence-electron chi connectivity index (χ1n) is 6.83. The van der Waals surface area contributed by atoms with Crippen LogP contribution in [-0.4, -0.2) is 15.4 Å². The Morgan fingerprint density at radius 3 is 2.83 bits per heavy atom. The van der Waals surface area contributed by atoms with E-state index in [0.717, 1.165) is 17.2 Å². The second-order valence-corrected chi connectivity index (χ2v) is 6.13. The van der Waals surface area contributed by atoms with E-state index in [1.165, 1.54) is 29.8 Å². The molecule has 3 nitrogen and oxygen atoms in total. The van der Waals surface area contributed by atoms with E-state index in [4.69, 9.17) is 0 Å². The molecule has 4 heteroatoms. The Kier molecular flexibility index (Phi) is 4.40. The lowest BCUT2D eigenvalue weighted by molar-refractivity contribution is 0.458. The van der Waals surface area contributed by atoms with Crippen LogP contribution in [0.5, 0.6) is 0 Å². The molecular weight excluding hydrogens is 242 g/mol. The first-order valence-corrected chi connectivity index (χ1v) is 7.64. The van der Waals surface area contributed by atoms with Crippen molar-refractivity contribution in [3.8, 4) is 0 Å². The van der Waals surface area contributed by atoms with Crippen LogP contribution in [0, 0.1) is 13.8 Å². The van der Waals surface area contributed by atoms with Crippen LogP contribution < -0.4 is 5.32 Å². The summed E-state index contributed by atoms with van der Waals surface area (Å²) in [6, 6.07) is 0.625. The van der Waals surface area contributed by atoms with Gasteiger partial charge in [-0.25, -0.2) is 4.98 Å². The Balaban J connectivity index is 2.12. The maximum Gasteiger partial charge on any atom is 0.194 e. The molecule has 2 heterocycles. The van der Waals surface area contributed by atoms with E-state index in [1.54, 1.807) is 11.3 Å². The van der Waals surface area contributed by atoms with Gasteiger partial charge in [-0.05, 0) is 26.7 Å². The molecule has 0 aromatic carbocycles. The minimum atomic E-state index is 0.625. The molecule has 0 radical (unpaired) electrons. The summed E-state index contributed by atoms with van der Waals surface area (Å²) in [6.45, 7) is 9.65. The summed E-state index contributed by atoms with van der Waals surface area (Å²) in [7, 11) is 0. The summed E-state index contributed by atoms with van der Waals surface area (Å²) in [6.07, 6.45) is 5.87. The highest BCUT2D eigenvalue weighted by atomic mass is 32.1. The predicted molar refractivity (Wildman–Crippen MR) is 78.4 cm³/mol. The lowest BCUT2D eigenvalue weighted by atomic mass is 10.1. The number of rotatable bonds is 6. The van der Waals surface area contributed by atoms with Crippen molar-refractivity contribution >= 4 is 16.3 Å². The van der Waals surface area contributed by atoms with E-state index >= 15 is 0 Å². The van der Waals surface area contributed by atoms with Crippen molar-refractivity contribution in [3.63, 3.8) is 0 Å². The Bertz CT molecular complexity index is 512. The third kappa shape index (κ3) is 2.75. The second-order valence-electron chi connectivity index (χ2n) is 4.91. The molecule has 2 rings (SSSR count). The number of fused-ring (bicyclic) bond motifs is 1. The average molecular weight is 265 g/mol. The predicted octanol–water partition coefficient (Wildman–Crippen LogP) is 3.68. The molecule has 2 aromatic heterocycles. The third-order valence-electron chi connectivity index (χ3n) is 3.43. The molecule has 0 bridgehead atoms. The van der Waals surface area contributed by atoms with Crippen LogP contribution in [0.25, 0.3) is 4.96 Å². The van der Waals surface area contributed by atoms with E-state index in [1.807, 2.05) is 0 Å². The largest absolute Gasteiger partial charge is 0.308 e. The van der Waals surface area contributed by atoms with Crippen molar-refractivity contribution < 1.29 is 0 Å². The molecule has 18 heavy (non-hydrogen) atoms. The number of aryl methyl sites for hydroxylation is 2. The average Bonchev–Trinajstić information content (AvgIpc) is 2.80. The van der Waals surface area contributed by atoms with Crippen molar-refractivity contribution in [2.45, 2.75) is 59.5 Å². The smallest absolute Gasteiger partial charge is 0.194 e. The number of nitrogens with one attached hydrogen (secondary N) is 1. The van der Waals surface area contributed by atoms with Crippen LogP contribution in [-0.2, 0) is 6.54 Å². The molecule has 0 saturated carbocycles. The van der Waals surface area contributed by atoms with E-state index in [0.29, 0.717) is 6.04 Å². The number of imidazole rings is 1. The molecule has 1 N–H and O–H groups in total. The topological polar surface area (TPSA) is 29.3 Å². The standard InChI is InChI=1S/C14H23N3S/c1-5-7-12(6-2)15-8-13-11(4)16-14-17(13)9-10(3)18-14/h9,12,15H,5-8H2,1-4H3. The monoisotopic (exact) mass is 265 g/mol. The summed E-state index contributed by atoms with van der Waals surface area (Å²) in [5.74, 6) is 0. The van der Waals surface area contributed by atoms with Gasteiger partial charge in [-0.2, -0.15) is 0 Å². The number of hydrogen-bond acceptors (Lipinski definition) is 3. The zero-order valence-corrected chi connectivity index (χ0v) is 12.6.